The molecule has 0 bridgehead atoms. The van der Waals surface area contributed by atoms with Crippen LogP contribution < -0.4 is 5.32 Å². The van der Waals surface area contributed by atoms with Crippen molar-refractivity contribution < 1.29 is 13.2 Å². The van der Waals surface area contributed by atoms with Gasteiger partial charge in [-0.05, 0) is 30.0 Å². The number of thioether (sulfide) groups is 1. The number of rotatable bonds is 6. The Bertz CT molecular complexity index is 811. The van der Waals surface area contributed by atoms with Crippen molar-refractivity contribution in [3.63, 3.8) is 0 Å². The van der Waals surface area contributed by atoms with Gasteiger partial charge >= 0.3 is 0 Å². The van der Waals surface area contributed by atoms with Crippen molar-refractivity contribution in [2.24, 2.45) is 5.92 Å². The van der Waals surface area contributed by atoms with Gasteiger partial charge < -0.3 is 5.32 Å². The van der Waals surface area contributed by atoms with Gasteiger partial charge in [-0.1, -0.05) is 36.1 Å². The van der Waals surface area contributed by atoms with Crippen LogP contribution in [0.4, 0.5) is 5.13 Å². The Balaban J connectivity index is 1.55. The quantitative estimate of drug-likeness (QED) is 0.573. The van der Waals surface area contributed by atoms with E-state index in [9.17, 15) is 13.2 Å². The highest BCUT2D eigenvalue weighted by Gasteiger charge is 2.32. The smallest absolute Gasteiger partial charge is 0.252 e. The lowest BCUT2D eigenvalue weighted by molar-refractivity contribution is -0.120. The first-order valence-electron chi connectivity index (χ1n) is 7.81. The Kier molecular flexibility index (Phi) is 6.10. The zero-order valence-electron chi connectivity index (χ0n) is 13.5. The highest BCUT2D eigenvalue weighted by Crippen LogP contribution is 2.28. The molecule has 7 nitrogen and oxygen atoms in total. The zero-order valence-corrected chi connectivity index (χ0v) is 16.8. The molecule has 1 amide bonds. The van der Waals surface area contributed by atoms with Crippen LogP contribution >= 0.6 is 34.4 Å². The molecule has 2 aromatic heterocycles. The number of carbonyl (C=O) groups excluding carboxylic acids is 1. The highest BCUT2D eigenvalue weighted by atomic mass is 32.2. The predicted octanol–water partition coefficient (Wildman–Crippen LogP) is 2.75. The van der Waals surface area contributed by atoms with Gasteiger partial charge in [-0.3, -0.25) is 4.79 Å². The lowest BCUT2D eigenvalue weighted by Gasteiger charge is -2.29. The van der Waals surface area contributed by atoms with E-state index in [4.69, 9.17) is 0 Å². The van der Waals surface area contributed by atoms with Crippen LogP contribution in [-0.4, -0.2) is 47.7 Å². The van der Waals surface area contributed by atoms with Crippen LogP contribution in [0.3, 0.4) is 0 Å². The molecule has 0 spiro atoms. The minimum Gasteiger partial charge on any atom is -0.300 e. The zero-order chi connectivity index (χ0) is 17.9. The van der Waals surface area contributed by atoms with Gasteiger partial charge in [0.1, 0.15) is 4.21 Å². The summed E-state index contributed by atoms with van der Waals surface area (Å²) in [4.78, 5) is 12.4. The number of nitrogens with zero attached hydrogens (tertiary/aromatic N) is 3. The van der Waals surface area contributed by atoms with Gasteiger partial charge in [0.05, 0.1) is 0 Å². The molecule has 1 aliphatic rings. The molecule has 3 heterocycles. The van der Waals surface area contributed by atoms with Gasteiger partial charge in [0.25, 0.3) is 10.0 Å². The Hall–Kier alpha value is -1.01. The van der Waals surface area contributed by atoms with Crippen molar-refractivity contribution in [3.8, 4) is 0 Å². The van der Waals surface area contributed by atoms with Gasteiger partial charge in [-0.2, -0.15) is 4.31 Å². The van der Waals surface area contributed by atoms with Gasteiger partial charge in [-0.15, -0.1) is 21.5 Å². The van der Waals surface area contributed by atoms with E-state index in [1.165, 1.54) is 27.0 Å². The summed E-state index contributed by atoms with van der Waals surface area (Å²) in [7, 11) is -3.43. The topological polar surface area (TPSA) is 92.3 Å². The van der Waals surface area contributed by atoms with E-state index in [1.807, 2.05) is 6.92 Å². The summed E-state index contributed by atoms with van der Waals surface area (Å²) in [5, 5.41) is 13.0. The summed E-state index contributed by atoms with van der Waals surface area (Å²) in [5.74, 6) is 0.582. The van der Waals surface area contributed by atoms with Crippen LogP contribution in [0.25, 0.3) is 0 Å². The molecule has 0 aromatic carbocycles. The molecule has 1 fully saturated rings. The first-order valence-corrected chi connectivity index (χ1v) is 11.9. The summed E-state index contributed by atoms with van der Waals surface area (Å²) in [6.07, 6.45) is 1.01. The normalized spacial score (nSPS) is 16.8. The molecule has 0 aliphatic carbocycles. The van der Waals surface area contributed by atoms with Crippen LogP contribution in [0.1, 0.15) is 19.8 Å². The number of hydrogen-bond acceptors (Lipinski definition) is 8. The molecular formula is C14H18N4O3S4. The number of piperidine rings is 1. The van der Waals surface area contributed by atoms with Gasteiger partial charge in [-0.25, -0.2) is 8.42 Å². The van der Waals surface area contributed by atoms with E-state index in [0.29, 0.717) is 35.3 Å². The molecule has 0 unspecified atom stereocenters. The fourth-order valence-electron chi connectivity index (χ4n) is 2.55. The van der Waals surface area contributed by atoms with E-state index in [2.05, 4.69) is 15.5 Å². The number of carbonyl (C=O) groups is 1. The van der Waals surface area contributed by atoms with Gasteiger partial charge in [0.15, 0.2) is 4.34 Å². The molecule has 136 valence electrons. The van der Waals surface area contributed by atoms with E-state index >= 15 is 0 Å². The van der Waals surface area contributed by atoms with Crippen molar-refractivity contribution in [3.05, 3.63) is 17.5 Å². The molecule has 25 heavy (non-hydrogen) atoms. The van der Waals surface area contributed by atoms with E-state index < -0.39 is 10.0 Å². The molecule has 1 saturated heterocycles. The third kappa shape index (κ3) is 4.40. The molecule has 11 heteroatoms. The van der Waals surface area contributed by atoms with Crippen molar-refractivity contribution in [2.45, 2.75) is 28.3 Å². The second-order valence-electron chi connectivity index (χ2n) is 5.41. The molecule has 1 aliphatic heterocycles. The van der Waals surface area contributed by atoms with E-state index in [0.717, 1.165) is 10.1 Å². The lowest BCUT2D eigenvalue weighted by Crippen LogP contribution is -2.41. The fraction of sp³-hybridized carbons (Fsp3) is 0.500. The number of sulfonamides is 1. The van der Waals surface area contributed by atoms with Crippen molar-refractivity contribution >= 4 is 55.5 Å². The molecule has 1 N–H and O–H groups in total. The molecule has 3 rings (SSSR count). The largest absolute Gasteiger partial charge is 0.300 e. The van der Waals surface area contributed by atoms with Crippen LogP contribution in [0.5, 0.6) is 0 Å². The Morgan fingerprint density at radius 1 is 1.40 bits per heavy atom. The molecule has 0 saturated carbocycles. The maximum atomic E-state index is 12.5. The van der Waals surface area contributed by atoms with E-state index in [-0.39, 0.29) is 11.8 Å². The minimum absolute atomic E-state index is 0.114. The molecule has 0 atom stereocenters. The SMILES string of the molecule is CCSc1nnc(NC(=O)C2CCN(S(=O)(=O)c3cccs3)CC2)s1. The number of nitrogens with one attached hydrogen (secondary N) is 1. The number of aromatic nitrogens is 2. The van der Waals surface area contributed by atoms with Crippen LogP contribution in [0.2, 0.25) is 0 Å². The Morgan fingerprint density at radius 2 is 2.16 bits per heavy atom. The molecule has 2 aromatic rings. The molecule has 0 radical (unpaired) electrons. The maximum absolute atomic E-state index is 12.5. The third-order valence-electron chi connectivity index (χ3n) is 3.82. The first-order chi connectivity index (χ1) is 12.0. The summed E-state index contributed by atoms with van der Waals surface area (Å²) in [5.41, 5.74) is 0. The van der Waals surface area contributed by atoms with Crippen LogP contribution in [0.15, 0.2) is 26.1 Å². The summed E-state index contributed by atoms with van der Waals surface area (Å²) in [6, 6.07) is 3.34. The number of amides is 1. The second kappa shape index (κ2) is 8.12. The summed E-state index contributed by atoms with van der Waals surface area (Å²) >= 11 is 4.15. The van der Waals surface area contributed by atoms with Crippen molar-refractivity contribution in [1.82, 2.24) is 14.5 Å². The van der Waals surface area contributed by atoms with E-state index in [1.54, 1.807) is 29.3 Å². The van der Waals surface area contributed by atoms with Crippen LogP contribution in [0, 0.1) is 5.92 Å². The fourth-order valence-corrected chi connectivity index (χ4v) is 6.81. The van der Waals surface area contributed by atoms with Crippen LogP contribution in [-0.2, 0) is 14.8 Å². The average Bonchev–Trinajstić information content (AvgIpc) is 3.28. The minimum atomic E-state index is -3.43. The maximum Gasteiger partial charge on any atom is 0.252 e. The number of thiophene rings is 1. The first kappa shape index (κ1) is 18.8. The number of anilines is 1. The van der Waals surface area contributed by atoms with Gasteiger partial charge in [0.2, 0.25) is 11.0 Å². The monoisotopic (exact) mass is 418 g/mol. The average molecular weight is 419 g/mol. The molecular weight excluding hydrogens is 400 g/mol. The second-order valence-corrected chi connectivity index (χ2v) is 11.0. The standard InChI is InChI=1S/C14H18N4O3S4/c1-2-22-14-17-16-13(24-14)15-12(19)10-5-7-18(8-6-10)25(20,21)11-4-3-9-23-11/h3-4,9-10H,2,5-8H2,1H3,(H,15,16,19). The summed E-state index contributed by atoms with van der Waals surface area (Å²) < 4.78 is 27.6. The third-order valence-corrected chi connectivity index (χ3v) is 8.94. The Morgan fingerprint density at radius 3 is 2.80 bits per heavy atom. The predicted molar refractivity (Wildman–Crippen MR) is 101 cm³/mol. The highest BCUT2D eigenvalue weighted by molar-refractivity contribution is 8.01. The van der Waals surface area contributed by atoms with Crippen molar-refractivity contribution in [1.29, 1.82) is 0 Å². The van der Waals surface area contributed by atoms with Crippen molar-refractivity contribution in [2.75, 3.05) is 24.2 Å². The van der Waals surface area contributed by atoms with Gasteiger partial charge in [0, 0.05) is 19.0 Å². The summed E-state index contributed by atoms with van der Waals surface area (Å²) in [6.45, 7) is 2.74. The number of hydrogen-bond donors (Lipinski definition) is 1. The lowest BCUT2D eigenvalue weighted by atomic mass is 9.97. The Labute approximate surface area is 158 Å².